The number of nitrogens with one attached hydrogen (secondary N) is 1. The highest BCUT2D eigenvalue weighted by Crippen LogP contribution is 2.28. The number of halogens is 1. The van der Waals surface area contributed by atoms with E-state index in [2.05, 4.69) is 5.32 Å². The fourth-order valence-corrected chi connectivity index (χ4v) is 3.83. The van der Waals surface area contributed by atoms with Gasteiger partial charge in [-0.15, -0.1) is 24.2 Å². The van der Waals surface area contributed by atoms with Crippen LogP contribution < -0.4 is 5.32 Å². The Hall–Kier alpha value is -1.04. The van der Waals surface area contributed by atoms with Crippen molar-refractivity contribution in [3.05, 3.63) is 35.9 Å². The molecule has 0 bridgehead atoms. The Morgan fingerprint density at radius 3 is 2.36 bits per heavy atom. The highest BCUT2D eigenvalue weighted by molar-refractivity contribution is 8.00. The monoisotopic (exact) mass is 382 g/mol. The zero-order valence-corrected chi connectivity index (χ0v) is 16.1. The second-order valence-corrected chi connectivity index (χ2v) is 7.77. The average molecular weight is 383 g/mol. The zero-order valence-electron chi connectivity index (χ0n) is 14.5. The summed E-state index contributed by atoms with van der Waals surface area (Å²) in [5, 5.41) is 3.63. The number of carbonyl (C=O) groups excluding carboxylic acids is 2. The van der Waals surface area contributed by atoms with Crippen molar-refractivity contribution in [3.8, 4) is 0 Å². The van der Waals surface area contributed by atoms with Gasteiger partial charge in [0, 0.05) is 24.7 Å². The smallest absolute Gasteiger partial charge is 0.232 e. The van der Waals surface area contributed by atoms with Gasteiger partial charge in [-0.3, -0.25) is 9.59 Å². The number of nitrogens with zero attached hydrogens (tertiary/aromatic N) is 1. The molecule has 0 aromatic heterocycles. The first-order valence-corrected chi connectivity index (χ1v) is 10.0. The van der Waals surface area contributed by atoms with E-state index in [9.17, 15) is 9.59 Å². The molecule has 25 heavy (non-hydrogen) atoms. The number of likely N-dealkylation sites (tertiary alicyclic amines) is 1. The van der Waals surface area contributed by atoms with Gasteiger partial charge >= 0.3 is 0 Å². The highest BCUT2D eigenvalue weighted by Gasteiger charge is 2.25. The standard InChI is InChI=1S/C19H26N2O2S.ClH/c22-18(16-4-2-1-3-5-16)13-24-14-19(23)21-10-8-17(9-11-21)20-12-15-6-7-15;/h1-5,15,17,20H,6-14H2;1H. The van der Waals surface area contributed by atoms with E-state index in [4.69, 9.17) is 0 Å². The Bertz CT molecular complexity index is 558. The summed E-state index contributed by atoms with van der Waals surface area (Å²) in [6.07, 6.45) is 4.85. The number of amides is 1. The second kappa shape index (κ2) is 10.2. The number of rotatable bonds is 8. The van der Waals surface area contributed by atoms with E-state index < -0.39 is 0 Å². The van der Waals surface area contributed by atoms with E-state index in [0.717, 1.165) is 44.0 Å². The minimum Gasteiger partial charge on any atom is -0.342 e. The van der Waals surface area contributed by atoms with E-state index in [1.165, 1.54) is 24.6 Å². The van der Waals surface area contributed by atoms with Gasteiger partial charge in [0.2, 0.25) is 5.91 Å². The van der Waals surface area contributed by atoms with E-state index >= 15 is 0 Å². The lowest BCUT2D eigenvalue weighted by atomic mass is 10.0. The molecule has 1 N–H and O–H groups in total. The maximum absolute atomic E-state index is 12.3. The number of piperidine rings is 1. The third kappa shape index (κ3) is 6.65. The molecule has 0 atom stereocenters. The molecule has 3 rings (SSSR count). The summed E-state index contributed by atoms with van der Waals surface area (Å²) < 4.78 is 0. The Morgan fingerprint density at radius 1 is 1.04 bits per heavy atom. The SMILES string of the molecule is Cl.O=C(CSCC(=O)N1CCC(NCC2CC2)CC1)c1ccccc1. The molecule has 0 radical (unpaired) electrons. The van der Waals surface area contributed by atoms with Crippen LogP contribution >= 0.6 is 24.2 Å². The molecule has 1 saturated carbocycles. The van der Waals surface area contributed by atoms with Gasteiger partial charge in [-0.25, -0.2) is 0 Å². The largest absolute Gasteiger partial charge is 0.342 e. The summed E-state index contributed by atoms with van der Waals surface area (Å²) in [4.78, 5) is 26.2. The summed E-state index contributed by atoms with van der Waals surface area (Å²) in [5.41, 5.74) is 0.722. The topological polar surface area (TPSA) is 49.4 Å². The van der Waals surface area contributed by atoms with E-state index in [1.54, 1.807) is 0 Å². The van der Waals surface area contributed by atoms with E-state index in [-0.39, 0.29) is 24.1 Å². The molecule has 1 aromatic rings. The van der Waals surface area contributed by atoms with Gasteiger partial charge in [0.25, 0.3) is 0 Å². The number of carbonyl (C=O) groups is 2. The molecule has 0 unspecified atom stereocenters. The first kappa shape index (κ1) is 20.3. The molecule has 1 aliphatic heterocycles. The van der Waals surface area contributed by atoms with Crippen LogP contribution in [0.5, 0.6) is 0 Å². The molecule has 1 saturated heterocycles. The number of Topliss-reactive ketones (excluding diaryl/α,β-unsaturated/α-hetero) is 1. The fraction of sp³-hybridized carbons (Fsp3) is 0.579. The fourth-order valence-electron chi connectivity index (χ4n) is 3.02. The maximum Gasteiger partial charge on any atom is 0.232 e. The number of thioether (sulfide) groups is 1. The van der Waals surface area contributed by atoms with Gasteiger partial charge < -0.3 is 10.2 Å². The predicted octanol–water partition coefficient (Wildman–Crippen LogP) is 3.01. The lowest BCUT2D eigenvalue weighted by molar-refractivity contribution is -0.129. The van der Waals surface area contributed by atoms with Crippen LogP contribution in [-0.2, 0) is 4.79 Å². The lowest BCUT2D eigenvalue weighted by Gasteiger charge is -2.32. The summed E-state index contributed by atoms with van der Waals surface area (Å²) in [6, 6.07) is 9.85. The van der Waals surface area contributed by atoms with Crippen molar-refractivity contribution in [3.63, 3.8) is 0 Å². The van der Waals surface area contributed by atoms with Crippen molar-refractivity contribution in [2.45, 2.75) is 31.7 Å². The van der Waals surface area contributed by atoms with Crippen LogP contribution in [0, 0.1) is 5.92 Å². The van der Waals surface area contributed by atoms with Crippen LogP contribution in [0.1, 0.15) is 36.0 Å². The highest BCUT2D eigenvalue weighted by atomic mass is 35.5. The molecule has 1 heterocycles. The molecule has 1 aliphatic carbocycles. The second-order valence-electron chi connectivity index (χ2n) is 6.79. The first-order valence-electron chi connectivity index (χ1n) is 8.89. The van der Waals surface area contributed by atoms with Crippen molar-refractivity contribution in [2.75, 3.05) is 31.1 Å². The first-order chi connectivity index (χ1) is 11.7. The van der Waals surface area contributed by atoms with Gasteiger partial charge in [0.1, 0.15) is 0 Å². The number of hydrogen-bond donors (Lipinski definition) is 1. The van der Waals surface area contributed by atoms with Crippen molar-refractivity contribution < 1.29 is 9.59 Å². The molecule has 2 aliphatic rings. The molecule has 4 nitrogen and oxygen atoms in total. The predicted molar refractivity (Wildman–Crippen MR) is 106 cm³/mol. The third-order valence-corrected chi connectivity index (χ3v) is 5.71. The van der Waals surface area contributed by atoms with Crippen molar-refractivity contribution >= 4 is 35.9 Å². The van der Waals surface area contributed by atoms with Crippen LogP contribution in [0.4, 0.5) is 0 Å². The van der Waals surface area contributed by atoms with Crippen LogP contribution in [0.2, 0.25) is 0 Å². The van der Waals surface area contributed by atoms with Gasteiger partial charge in [-0.2, -0.15) is 0 Å². The number of ketones is 1. The van der Waals surface area contributed by atoms with Gasteiger partial charge in [0.05, 0.1) is 11.5 Å². The molecule has 0 spiro atoms. The maximum atomic E-state index is 12.3. The summed E-state index contributed by atoms with van der Waals surface area (Å²) in [6.45, 7) is 2.83. The number of benzene rings is 1. The minimum absolute atomic E-state index is 0. The molecular weight excluding hydrogens is 356 g/mol. The molecule has 6 heteroatoms. The Balaban J connectivity index is 0.00000225. The van der Waals surface area contributed by atoms with Crippen LogP contribution in [0.25, 0.3) is 0 Å². The van der Waals surface area contributed by atoms with Crippen molar-refractivity contribution in [2.24, 2.45) is 5.92 Å². The van der Waals surface area contributed by atoms with E-state index in [0.29, 0.717) is 17.5 Å². The molecule has 2 fully saturated rings. The molecule has 1 amide bonds. The summed E-state index contributed by atoms with van der Waals surface area (Å²) in [7, 11) is 0. The van der Waals surface area contributed by atoms with Crippen LogP contribution in [0.15, 0.2) is 30.3 Å². The van der Waals surface area contributed by atoms with Gasteiger partial charge in [-0.05, 0) is 38.1 Å². The van der Waals surface area contributed by atoms with Gasteiger partial charge in [-0.1, -0.05) is 30.3 Å². The van der Waals surface area contributed by atoms with E-state index in [1.807, 2.05) is 35.2 Å². The average Bonchev–Trinajstić information content (AvgIpc) is 3.45. The summed E-state index contributed by atoms with van der Waals surface area (Å²) in [5.74, 6) is 1.94. The van der Waals surface area contributed by atoms with Crippen molar-refractivity contribution in [1.29, 1.82) is 0 Å². The van der Waals surface area contributed by atoms with Gasteiger partial charge in [0.15, 0.2) is 5.78 Å². The normalized spacial score (nSPS) is 17.8. The Kier molecular flexibility index (Phi) is 8.27. The Labute approximate surface area is 160 Å². The third-order valence-electron chi connectivity index (χ3n) is 4.79. The van der Waals surface area contributed by atoms with Crippen LogP contribution in [0.3, 0.4) is 0 Å². The number of hydrogen-bond acceptors (Lipinski definition) is 4. The zero-order chi connectivity index (χ0) is 16.8. The molecule has 1 aromatic carbocycles. The minimum atomic E-state index is 0. The molecular formula is C19H27ClN2O2S. The quantitative estimate of drug-likeness (QED) is 0.702. The lowest BCUT2D eigenvalue weighted by Crippen LogP contribution is -2.46. The summed E-state index contributed by atoms with van der Waals surface area (Å²) >= 11 is 1.42. The molecule has 138 valence electrons. The van der Waals surface area contributed by atoms with Crippen LogP contribution in [-0.4, -0.2) is 53.8 Å². The Morgan fingerprint density at radius 2 is 1.72 bits per heavy atom. The van der Waals surface area contributed by atoms with Crippen molar-refractivity contribution in [1.82, 2.24) is 10.2 Å².